The molecule has 3 atom stereocenters. The van der Waals surface area contributed by atoms with Gasteiger partial charge in [-0.2, -0.15) is 0 Å². The van der Waals surface area contributed by atoms with Gasteiger partial charge < -0.3 is 10.5 Å². The predicted molar refractivity (Wildman–Crippen MR) is 69.6 cm³/mol. The molecule has 0 aromatic rings. The topological polar surface area (TPSA) is 69.4 Å². The van der Waals surface area contributed by atoms with Crippen LogP contribution in [0.15, 0.2) is 0 Å². The van der Waals surface area contributed by atoms with Crippen molar-refractivity contribution in [3.63, 3.8) is 0 Å². The molecular weight excluding hydrogens is 238 g/mol. The Hall–Kier alpha value is -0.130. The van der Waals surface area contributed by atoms with E-state index in [0.29, 0.717) is 18.3 Å². The average Bonchev–Trinajstić information content (AvgIpc) is 2.29. The summed E-state index contributed by atoms with van der Waals surface area (Å²) < 4.78 is 28.1. The summed E-state index contributed by atoms with van der Waals surface area (Å²) in [5.41, 5.74) is 6.16. The van der Waals surface area contributed by atoms with E-state index in [4.69, 9.17) is 10.5 Å². The lowest BCUT2D eigenvalue weighted by atomic mass is 9.82. The zero-order valence-electron chi connectivity index (χ0n) is 10.9. The van der Waals surface area contributed by atoms with Crippen LogP contribution in [0.1, 0.15) is 33.1 Å². The van der Waals surface area contributed by atoms with Gasteiger partial charge in [-0.05, 0) is 31.1 Å². The maximum Gasteiger partial charge on any atom is 0.150 e. The van der Waals surface area contributed by atoms with Crippen molar-refractivity contribution in [2.45, 2.75) is 39.2 Å². The van der Waals surface area contributed by atoms with Crippen LogP contribution in [-0.4, -0.2) is 39.2 Å². The van der Waals surface area contributed by atoms with Crippen molar-refractivity contribution < 1.29 is 13.2 Å². The Bertz CT molecular complexity index is 316. The Balaban J connectivity index is 2.31. The van der Waals surface area contributed by atoms with E-state index in [1.54, 1.807) is 6.92 Å². The minimum Gasteiger partial charge on any atom is -0.381 e. The third kappa shape index (κ3) is 4.94. The molecule has 5 heteroatoms. The maximum absolute atomic E-state index is 11.4. The second kappa shape index (κ2) is 6.71. The zero-order chi connectivity index (χ0) is 12.9. The summed E-state index contributed by atoms with van der Waals surface area (Å²) in [6, 6.07) is 0.112. The van der Waals surface area contributed by atoms with Crippen LogP contribution < -0.4 is 5.73 Å². The number of rotatable bonds is 6. The molecule has 1 aliphatic rings. The van der Waals surface area contributed by atoms with Crippen LogP contribution in [-0.2, 0) is 14.6 Å². The summed E-state index contributed by atoms with van der Waals surface area (Å²) in [6.45, 7) is 5.42. The van der Waals surface area contributed by atoms with Crippen LogP contribution in [0.4, 0.5) is 0 Å². The van der Waals surface area contributed by atoms with E-state index < -0.39 is 9.84 Å². The van der Waals surface area contributed by atoms with Crippen molar-refractivity contribution in [2.75, 3.05) is 24.7 Å². The first kappa shape index (κ1) is 14.9. The first-order chi connectivity index (χ1) is 7.96. The van der Waals surface area contributed by atoms with E-state index >= 15 is 0 Å². The van der Waals surface area contributed by atoms with Crippen LogP contribution in [0.2, 0.25) is 0 Å². The molecule has 0 bridgehead atoms. The molecule has 0 aromatic carbocycles. The first-order valence-corrected chi connectivity index (χ1v) is 8.32. The van der Waals surface area contributed by atoms with Crippen LogP contribution in [0.3, 0.4) is 0 Å². The summed E-state index contributed by atoms with van der Waals surface area (Å²) in [5.74, 6) is 1.47. The highest BCUT2D eigenvalue weighted by atomic mass is 32.2. The van der Waals surface area contributed by atoms with E-state index in [-0.39, 0.29) is 17.5 Å². The Labute approximate surface area is 105 Å². The molecule has 102 valence electrons. The van der Waals surface area contributed by atoms with Gasteiger partial charge in [0.05, 0.1) is 5.75 Å². The molecule has 1 aliphatic heterocycles. The second-order valence-corrected chi connectivity index (χ2v) is 7.52. The number of hydrogen-bond acceptors (Lipinski definition) is 4. The lowest BCUT2D eigenvalue weighted by molar-refractivity contribution is 0.0147. The third-order valence-electron chi connectivity index (χ3n) is 3.69. The van der Waals surface area contributed by atoms with Gasteiger partial charge in [-0.15, -0.1) is 0 Å². The van der Waals surface area contributed by atoms with Gasteiger partial charge in [-0.3, -0.25) is 0 Å². The molecule has 1 saturated heterocycles. The molecule has 4 nitrogen and oxygen atoms in total. The summed E-state index contributed by atoms with van der Waals surface area (Å²) >= 11 is 0. The highest BCUT2D eigenvalue weighted by Crippen LogP contribution is 2.25. The Morgan fingerprint density at radius 2 is 2.18 bits per heavy atom. The lowest BCUT2D eigenvalue weighted by Crippen LogP contribution is -2.39. The van der Waals surface area contributed by atoms with Gasteiger partial charge in [-0.1, -0.05) is 13.8 Å². The van der Waals surface area contributed by atoms with Crippen LogP contribution in [0.25, 0.3) is 0 Å². The average molecular weight is 263 g/mol. The summed E-state index contributed by atoms with van der Waals surface area (Å²) in [4.78, 5) is 0. The van der Waals surface area contributed by atoms with Crippen molar-refractivity contribution in [1.82, 2.24) is 0 Å². The van der Waals surface area contributed by atoms with Gasteiger partial charge in [-0.25, -0.2) is 8.42 Å². The van der Waals surface area contributed by atoms with Gasteiger partial charge in [0.2, 0.25) is 0 Å². The Morgan fingerprint density at radius 1 is 1.47 bits per heavy atom. The molecular formula is C12H25NO3S. The molecule has 0 amide bonds. The number of sulfone groups is 1. The zero-order valence-corrected chi connectivity index (χ0v) is 11.7. The van der Waals surface area contributed by atoms with E-state index in [2.05, 4.69) is 6.92 Å². The normalized spacial score (nSPS) is 27.9. The van der Waals surface area contributed by atoms with Crippen LogP contribution >= 0.6 is 0 Å². The van der Waals surface area contributed by atoms with Crippen molar-refractivity contribution in [3.05, 3.63) is 0 Å². The molecule has 1 rings (SSSR count). The molecule has 0 aliphatic carbocycles. The van der Waals surface area contributed by atoms with Crippen molar-refractivity contribution in [1.29, 1.82) is 0 Å². The molecule has 1 fully saturated rings. The predicted octanol–water partition coefficient (Wildman–Crippen LogP) is 1.20. The Morgan fingerprint density at radius 3 is 2.76 bits per heavy atom. The van der Waals surface area contributed by atoms with Gasteiger partial charge in [0.1, 0.15) is 9.84 Å². The fraction of sp³-hybridized carbons (Fsp3) is 1.00. The lowest BCUT2D eigenvalue weighted by Gasteiger charge is -2.33. The second-order valence-electron chi connectivity index (χ2n) is 5.05. The smallest absolute Gasteiger partial charge is 0.150 e. The molecule has 1 heterocycles. The monoisotopic (exact) mass is 263 g/mol. The van der Waals surface area contributed by atoms with Crippen LogP contribution in [0.5, 0.6) is 0 Å². The SMILES string of the molecule is CCS(=O)(=O)CCCC(N)C1CCOCC1C. The van der Waals surface area contributed by atoms with Crippen molar-refractivity contribution in [3.8, 4) is 0 Å². The Kier molecular flexibility index (Phi) is 5.89. The molecule has 0 saturated carbocycles. The number of nitrogens with two attached hydrogens (primary N) is 1. The highest BCUT2D eigenvalue weighted by Gasteiger charge is 2.27. The molecule has 2 N–H and O–H groups in total. The molecule has 17 heavy (non-hydrogen) atoms. The minimum atomic E-state index is -2.84. The molecule has 3 unspecified atom stereocenters. The van der Waals surface area contributed by atoms with Gasteiger partial charge in [0.15, 0.2) is 0 Å². The molecule has 0 aromatic heterocycles. The van der Waals surface area contributed by atoms with Crippen molar-refractivity contribution in [2.24, 2.45) is 17.6 Å². The maximum atomic E-state index is 11.4. The summed E-state index contributed by atoms with van der Waals surface area (Å²) in [6.07, 6.45) is 2.48. The quantitative estimate of drug-likeness (QED) is 0.782. The fourth-order valence-corrected chi connectivity index (χ4v) is 3.33. The highest BCUT2D eigenvalue weighted by molar-refractivity contribution is 7.91. The fourth-order valence-electron chi connectivity index (χ4n) is 2.43. The van der Waals surface area contributed by atoms with E-state index in [9.17, 15) is 8.42 Å². The third-order valence-corrected chi connectivity index (χ3v) is 5.48. The standard InChI is InChI=1S/C12H25NO3S/c1-3-17(14,15)8-4-5-12(13)11-6-7-16-9-10(11)2/h10-12H,3-9,13H2,1-2H3. The first-order valence-electron chi connectivity index (χ1n) is 6.50. The van der Waals surface area contributed by atoms with Gasteiger partial charge in [0.25, 0.3) is 0 Å². The van der Waals surface area contributed by atoms with E-state index in [0.717, 1.165) is 26.1 Å². The largest absolute Gasteiger partial charge is 0.381 e. The number of ether oxygens (including phenoxy) is 1. The van der Waals surface area contributed by atoms with Crippen molar-refractivity contribution >= 4 is 9.84 Å². The van der Waals surface area contributed by atoms with Gasteiger partial charge >= 0.3 is 0 Å². The minimum absolute atomic E-state index is 0.112. The van der Waals surface area contributed by atoms with E-state index in [1.807, 2.05) is 0 Å². The number of hydrogen-bond donors (Lipinski definition) is 1. The van der Waals surface area contributed by atoms with Crippen LogP contribution in [0, 0.1) is 11.8 Å². The summed E-state index contributed by atoms with van der Waals surface area (Å²) in [7, 11) is -2.84. The summed E-state index contributed by atoms with van der Waals surface area (Å²) in [5, 5.41) is 0. The van der Waals surface area contributed by atoms with E-state index in [1.165, 1.54) is 0 Å². The molecule has 0 spiro atoms. The van der Waals surface area contributed by atoms with Gasteiger partial charge in [0, 0.05) is 25.0 Å². The molecule has 0 radical (unpaired) electrons.